The Kier molecular flexibility index (Phi) is 18.1. The number of hydrogen-bond donors (Lipinski definition) is 8. The molecule has 3 heterocycles. The lowest BCUT2D eigenvalue weighted by Crippen LogP contribution is -2.59. The number of aliphatic hydroxyl groups excluding tert-OH is 3. The molecule has 10 atom stereocenters. The molecule has 0 aromatic heterocycles. The molecule has 3 aliphatic heterocycles. The van der Waals surface area contributed by atoms with Gasteiger partial charge in [0.2, 0.25) is 5.91 Å². The molecular weight excluding hydrogens is 901 g/mol. The Balaban J connectivity index is 1.14. The van der Waals surface area contributed by atoms with Gasteiger partial charge in [0.05, 0.1) is 30.5 Å². The lowest BCUT2D eigenvalue weighted by Gasteiger charge is -2.56. The van der Waals surface area contributed by atoms with Crippen molar-refractivity contribution in [2.45, 2.75) is 172 Å². The van der Waals surface area contributed by atoms with Gasteiger partial charge in [-0.15, -0.1) is 0 Å². The number of ether oxygens (including phenoxy) is 1. The van der Waals surface area contributed by atoms with E-state index in [2.05, 4.69) is 65.6 Å². The normalized spacial score (nSPS) is 35.9. The zero-order valence-corrected chi connectivity index (χ0v) is 43.2. The first-order chi connectivity index (χ1) is 34.6. The molecule has 1 spiro atoms. The third kappa shape index (κ3) is 12.4. The lowest BCUT2D eigenvalue weighted by molar-refractivity contribution is -0.168. The van der Waals surface area contributed by atoms with Crippen molar-refractivity contribution < 1.29 is 34.8 Å². The van der Waals surface area contributed by atoms with Crippen molar-refractivity contribution >= 4 is 11.7 Å². The van der Waals surface area contributed by atoms with Crippen molar-refractivity contribution in [3.05, 3.63) is 129 Å². The summed E-state index contributed by atoms with van der Waals surface area (Å²) in [5.41, 5.74) is 12.8. The molecule has 2 bridgehead atoms. The van der Waals surface area contributed by atoms with Crippen LogP contribution in [0.25, 0.3) is 0 Å². The van der Waals surface area contributed by atoms with Gasteiger partial charge < -0.3 is 41.5 Å². The molecule has 3 saturated carbocycles. The number of benzene rings is 2. The number of nitrogens with two attached hydrogens (primary N) is 1. The van der Waals surface area contributed by atoms with Crippen molar-refractivity contribution in [1.29, 1.82) is 0 Å². The number of aliphatic hydroxyl groups is 4. The monoisotopic (exact) mass is 983 g/mol. The van der Waals surface area contributed by atoms with Gasteiger partial charge in [0.15, 0.2) is 5.78 Å². The molecular formula is C61H82N4O7. The van der Waals surface area contributed by atoms with Gasteiger partial charge in [-0.3, -0.25) is 14.9 Å². The molecule has 2 aromatic carbocycles. The summed E-state index contributed by atoms with van der Waals surface area (Å²) >= 11 is 0. The molecule has 0 radical (unpaired) electrons. The number of fused-ring (bicyclic) bond motifs is 4. The second-order valence-electron chi connectivity index (χ2n) is 22.4. The van der Waals surface area contributed by atoms with E-state index in [1.807, 2.05) is 56.3 Å². The van der Waals surface area contributed by atoms with Crippen LogP contribution in [0.15, 0.2) is 101 Å². The molecule has 8 rings (SSSR count). The van der Waals surface area contributed by atoms with E-state index in [1.165, 1.54) is 37.7 Å². The molecule has 9 N–H and O–H groups in total. The number of carbonyl (C=O) groups is 2. The molecule has 72 heavy (non-hydrogen) atoms. The minimum absolute atomic E-state index is 0.00906. The van der Waals surface area contributed by atoms with E-state index in [0.29, 0.717) is 92.4 Å². The number of rotatable bonds is 4. The van der Waals surface area contributed by atoms with Crippen molar-refractivity contribution in [3.63, 3.8) is 0 Å². The van der Waals surface area contributed by atoms with Gasteiger partial charge in [-0.05, 0) is 161 Å². The van der Waals surface area contributed by atoms with Crippen LogP contribution in [0, 0.1) is 35.0 Å². The van der Waals surface area contributed by atoms with Crippen LogP contribution >= 0.6 is 0 Å². The average molecular weight is 983 g/mol. The zero-order chi connectivity index (χ0) is 51.0. The van der Waals surface area contributed by atoms with Crippen molar-refractivity contribution in [3.8, 4) is 11.8 Å². The number of aryl methyl sites for hydroxylation is 1. The van der Waals surface area contributed by atoms with E-state index < -0.39 is 47.5 Å². The fraction of sp³-hybridized carbons (Fsp3) is 0.574. The fourth-order valence-corrected chi connectivity index (χ4v) is 13.3. The van der Waals surface area contributed by atoms with E-state index in [-0.39, 0.29) is 49.8 Å². The molecule has 3 fully saturated rings. The van der Waals surface area contributed by atoms with Gasteiger partial charge in [-0.2, -0.15) is 0 Å². The van der Waals surface area contributed by atoms with E-state index >= 15 is 0 Å². The molecule has 6 aliphatic rings. The summed E-state index contributed by atoms with van der Waals surface area (Å²) in [5, 5.41) is 59.1. The van der Waals surface area contributed by atoms with Gasteiger partial charge in [-0.25, -0.2) is 0 Å². The van der Waals surface area contributed by atoms with Gasteiger partial charge in [0, 0.05) is 36.8 Å². The third-order valence-corrected chi connectivity index (χ3v) is 17.5. The van der Waals surface area contributed by atoms with Crippen LogP contribution in [0.3, 0.4) is 0 Å². The Bertz CT molecular complexity index is 2470. The number of carbonyl (C=O) groups excluding carboxylic acids is 2. The maximum Gasteiger partial charge on any atom is 0.243 e. The molecule has 1 amide bonds. The van der Waals surface area contributed by atoms with Gasteiger partial charge in [-0.1, -0.05) is 116 Å². The van der Waals surface area contributed by atoms with Crippen molar-refractivity contribution in [2.24, 2.45) is 28.9 Å². The Labute approximate surface area is 428 Å². The largest absolute Gasteiger partial charge is 0.393 e. The molecule has 388 valence electrons. The van der Waals surface area contributed by atoms with Crippen molar-refractivity contribution in [1.82, 2.24) is 16.0 Å². The zero-order valence-electron chi connectivity index (χ0n) is 43.2. The van der Waals surface area contributed by atoms with Crippen LogP contribution in [0.2, 0.25) is 0 Å². The van der Waals surface area contributed by atoms with Crippen LogP contribution in [0.5, 0.6) is 0 Å². The topological polar surface area (TPSA) is 186 Å². The lowest BCUT2D eigenvalue weighted by atomic mass is 9.52. The van der Waals surface area contributed by atoms with Crippen LogP contribution in [0.4, 0.5) is 0 Å². The minimum atomic E-state index is -1.31. The fourth-order valence-electron chi connectivity index (χ4n) is 13.3. The number of allylic oxidation sites excluding steroid dienone is 5. The molecule has 11 heteroatoms. The first-order valence-corrected chi connectivity index (χ1v) is 27.1. The predicted molar refractivity (Wildman–Crippen MR) is 284 cm³/mol. The quantitative estimate of drug-likeness (QED) is 0.111. The smallest absolute Gasteiger partial charge is 0.243 e. The van der Waals surface area contributed by atoms with Gasteiger partial charge in [0.1, 0.15) is 18.8 Å². The summed E-state index contributed by atoms with van der Waals surface area (Å²) in [4.78, 5) is 28.6. The van der Waals surface area contributed by atoms with E-state index in [4.69, 9.17) is 10.5 Å². The molecule has 0 unspecified atom stereocenters. The SMILES string of the molecule is C=C1/C=C/C=C(\[C@H]2CC[C@@]3([C@@H]4CC[C@H](O)Cc5cccc(c5)CC[C@@H](O)CN[C@H]5C(=O)N[C@H](N)c6cccc(c65)CC(=O)/C(C)=C/4CC[C@@]3(C)O)[C@@H]2O)COCC#CC/C(C)=C/C[C@@H]1NCC1CCCCC1. The van der Waals surface area contributed by atoms with E-state index in [9.17, 15) is 30.0 Å². The Morgan fingerprint density at radius 3 is 2.54 bits per heavy atom. The maximum absolute atomic E-state index is 14.9. The molecule has 3 aliphatic carbocycles. The average Bonchev–Trinajstić information content (AvgIpc) is 3.70. The van der Waals surface area contributed by atoms with E-state index in [1.54, 1.807) is 0 Å². The summed E-state index contributed by atoms with van der Waals surface area (Å²) in [7, 11) is 0. The number of nitrogens with one attached hydrogen (secondary N) is 3. The second-order valence-corrected chi connectivity index (χ2v) is 22.4. The van der Waals surface area contributed by atoms with Gasteiger partial charge in [0.25, 0.3) is 0 Å². The highest BCUT2D eigenvalue weighted by atomic mass is 16.5. The molecule has 11 nitrogen and oxygen atoms in total. The Morgan fingerprint density at radius 2 is 1.72 bits per heavy atom. The minimum Gasteiger partial charge on any atom is -0.393 e. The van der Waals surface area contributed by atoms with Crippen LogP contribution < -0.4 is 21.7 Å². The summed E-state index contributed by atoms with van der Waals surface area (Å²) in [6.07, 6.45) is 17.3. The number of β-amino-alcohol motifs (C(OH)–C–C–N with tert-alkyl or cyclic N) is 1. The maximum atomic E-state index is 14.9. The number of Topliss-reactive ketones (excluding diaryl/α,β-unsaturated/α-hetero) is 1. The Hall–Kier alpha value is -4.48. The number of amides is 1. The highest BCUT2D eigenvalue weighted by molar-refractivity contribution is 5.98. The summed E-state index contributed by atoms with van der Waals surface area (Å²) in [6, 6.07) is 13.0. The first kappa shape index (κ1) is 53.8. The molecule has 0 saturated heterocycles. The number of ketones is 1. The first-order valence-electron chi connectivity index (χ1n) is 27.1. The van der Waals surface area contributed by atoms with Crippen LogP contribution in [-0.4, -0.2) is 88.4 Å². The second kappa shape index (κ2) is 24.2. The van der Waals surface area contributed by atoms with Gasteiger partial charge >= 0.3 is 0 Å². The standard InChI is InChI=1S/C61H82N4O7/c1-39-13-8-9-32-72-38-46(20-10-14-40(2)53(27-22-39)63-36-43-15-6-5-7-16-43)50-29-31-61(57(50)69)52-26-25-47(66)34-44-18-11-17-42(33-44)23-24-48(67)37-64-56-55-45(19-12-21-51(55)58(62)65-59(56)70)35-54(68)41(3)49(52)28-30-60(61,4)71/h10-12,14,17-22,33,43,47-48,50,52-53,56-58,63-64,66-67,69,71H,2,5-7,13,15-16,23-32,34-38,62H2,1,3-4H3,(H,65,70)/b14-10+,39-22+,46-20-,49-41+/t47-,48+,50+,52+,53-,56+,57+,58-,60+,61+/m0/s1. The summed E-state index contributed by atoms with van der Waals surface area (Å²) < 4.78 is 6.27. The third-order valence-electron chi connectivity index (χ3n) is 17.5. The van der Waals surface area contributed by atoms with E-state index in [0.717, 1.165) is 40.8 Å². The highest BCUT2D eigenvalue weighted by Gasteiger charge is 2.64. The van der Waals surface area contributed by atoms with Crippen molar-refractivity contribution in [2.75, 3.05) is 26.3 Å². The molecule has 2 aromatic rings. The van der Waals surface area contributed by atoms with Crippen LogP contribution in [-0.2, 0) is 33.6 Å². The summed E-state index contributed by atoms with van der Waals surface area (Å²) in [6.45, 7) is 12.0. The highest BCUT2D eigenvalue weighted by Crippen LogP contribution is 2.63. The summed E-state index contributed by atoms with van der Waals surface area (Å²) in [5.74, 6) is 5.95. The van der Waals surface area contributed by atoms with Crippen LogP contribution in [0.1, 0.15) is 151 Å². The Morgan fingerprint density at radius 1 is 0.931 bits per heavy atom. The predicted octanol–water partition coefficient (Wildman–Crippen LogP) is 7.78. The number of hydrogen-bond acceptors (Lipinski definition) is 10.